The van der Waals surface area contributed by atoms with Gasteiger partial charge in [-0.05, 0) is 72.8 Å². The van der Waals surface area contributed by atoms with Crippen molar-refractivity contribution in [1.29, 1.82) is 0 Å². The Balaban J connectivity index is 1.95. The molecule has 2 aromatic carbocycles. The highest BCUT2D eigenvalue weighted by Gasteiger charge is 2.36. The van der Waals surface area contributed by atoms with E-state index in [1.807, 2.05) is 12.1 Å². The van der Waals surface area contributed by atoms with Gasteiger partial charge >= 0.3 is 0 Å². The van der Waals surface area contributed by atoms with Crippen molar-refractivity contribution in [1.82, 2.24) is 4.90 Å². The lowest BCUT2D eigenvalue weighted by Crippen LogP contribution is -2.39. The van der Waals surface area contributed by atoms with Crippen molar-refractivity contribution < 1.29 is 5.11 Å². The van der Waals surface area contributed by atoms with Crippen molar-refractivity contribution in [3.63, 3.8) is 0 Å². The van der Waals surface area contributed by atoms with Crippen molar-refractivity contribution in [3.05, 3.63) is 62.1 Å². The zero-order chi connectivity index (χ0) is 16.1. The predicted molar refractivity (Wildman–Crippen MR) is 97.5 cm³/mol. The zero-order valence-corrected chi connectivity index (χ0v) is 15.4. The first kappa shape index (κ1) is 15.5. The number of fused-ring (bicyclic) bond motifs is 5. The highest BCUT2D eigenvalue weighted by Crippen LogP contribution is 2.45. The highest BCUT2D eigenvalue weighted by molar-refractivity contribution is 9.10. The first-order chi connectivity index (χ1) is 11.0. The SMILES string of the molecule is CN1CCc2cc(Cl)c(O)cc2[C@H]2c3cc(Br)ccc3CC[C@@H]21. The van der Waals surface area contributed by atoms with Gasteiger partial charge in [-0.15, -0.1) is 0 Å². The molecule has 1 N–H and O–H groups in total. The fourth-order valence-electron chi connectivity index (χ4n) is 4.20. The molecule has 2 aliphatic rings. The summed E-state index contributed by atoms with van der Waals surface area (Å²) in [5, 5.41) is 10.6. The molecule has 0 bridgehead atoms. The first-order valence-electron chi connectivity index (χ1n) is 8.04. The van der Waals surface area contributed by atoms with Gasteiger partial charge in [0.05, 0.1) is 5.02 Å². The molecule has 0 radical (unpaired) electrons. The molecule has 0 aromatic heterocycles. The number of hydrogen-bond acceptors (Lipinski definition) is 2. The monoisotopic (exact) mass is 391 g/mol. The van der Waals surface area contributed by atoms with Gasteiger partial charge in [0.1, 0.15) is 5.75 Å². The van der Waals surface area contributed by atoms with E-state index in [9.17, 15) is 5.11 Å². The van der Waals surface area contributed by atoms with Crippen LogP contribution >= 0.6 is 27.5 Å². The van der Waals surface area contributed by atoms with E-state index in [4.69, 9.17) is 11.6 Å². The Morgan fingerprint density at radius 2 is 1.91 bits per heavy atom. The summed E-state index contributed by atoms with van der Waals surface area (Å²) in [5.74, 6) is 0.484. The van der Waals surface area contributed by atoms with Crippen molar-refractivity contribution in [2.45, 2.75) is 31.2 Å². The van der Waals surface area contributed by atoms with Gasteiger partial charge in [0.2, 0.25) is 0 Å². The Kier molecular flexibility index (Phi) is 3.91. The molecule has 2 aromatic rings. The summed E-state index contributed by atoms with van der Waals surface area (Å²) in [7, 11) is 2.22. The Hall–Kier alpha value is -1.03. The number of nitrogens with zero attached hydrogens (tertiary/aromatic N) is 1. The minimum atomic E-state index is 0.191. The van der Waals surface area contributed by atoms with Crippen LogP contribution < -0.4 is 0 Å². The zero-order valence-electron chi connectivity index (χ0n) is 13.0. The highest BCUT2D eigenvalue weighted by atomic mass is 79.9. The molecule has 0 amide bonds. The largest absolute Gasteiger partial charge is 0.506 e. The molecular formula is C19H19BrClNO. The van der Waals surface area contributed by atoms with Crippen LogP contribution in [0, 0.1) is 0 Å². The van der Waals surface area contributed by atoms with Gasteiger partial charge in [0.15, 0.2) is 0 Å². The van der Waals surface area contributed by atoms with Crippen LogP contribution in [0.5, 0.6) is 5.75 Å². The molecule has 2 atom stereocenters. The third kappa shape index (κ3) is 2.59. The number of hydrogen-bond donors (Lipinski definition) is 1. The Bertz CT molecular complexity index is 776. The summed E-state index contributed by atoms with van der Waals surface area (Å²) in [6.45, 7) is 1.03. The number of likely N-dealkylation sites (N-methyl/N-ethyl adjacent to an activating group) is 1. The second kappa shape index (κ2) is 5.80. The Labute approximate surface area is 150 Å². The van der Waals surface area contributed by atoms with Gasteiger partial charge < -0.3 is 10.0 Å². The molecule has 2 nitrogen and oxygen atoms in total. The number of aryl methyl sites for hydroxylation is 1. The molecule has 23 heavy (non-hydrogen) atoms. The van der Waals surface area contributed by atoms with E-state index < -0.39 is 0 Å². The first-order valence-corrected chi connectivity index (χ1v) is 9.21. The molecule has 1 heterocycles. The van der Waals surface area contributed by atoms with Crippen LogP contribution in [0.15, 0.2) is 34.8 Å². The second-order valence-corrected chi connectivity index (χ2v) is 7.98. The van der Waals surface area contributed by atoms with Crippen LogP contribution in [0.2, 0.25) is 5.02 Å². The van der Waals surface area contributed by atoms with Crippen molar-refractivity contribution in [2.24, 2.45) is 0 Å². The molecule has 0 saturated carbocycles. The van der Waals surface area contributed by atoms with Crippen LogP contribution in [0.25, 0.3) is 0 Å². The lowest BCUT2D eigenvalue weighted by atomic mass is 9.74. The number of rotatable bonds is 0. The molecular weight excluding hydrogens is 374 g/mol. The molecule has 0 spiro atoms. The van der Waals surface area contributed by atoms with E-state index in [1.165, 1.54) is 22.3 Å². The molecule has 0 fully saturated rings. The maximum atomic E-state index is 10.2. The topological polar surface area (TPSA) is 23.5 Å². The lowest BCUT2D eigenvalue weighted by molar-refractivity contribution is 0.214. The predicted octanol–water partition coefficient (Wildman–Crippen LogP) is 4.74. The van der Waals surface area contributed by atoms with Crippen LogP contribution in [0.1, 0.15) is 34.6 Å². The van der Waals surface area contributed by atoms with E-state index in [-0.39, 0.29) is 5.75 Å². The van der Waals surface area contributed by atoms with Gasteiger partial charge in [0, 0.05) is 23.0 Å². The van der Waals surface area contributed by atoms with Crippen molar-refractivity contribution in [2.75, 3.05) is 13.6 Å². The Morgan fingerprint density at radius 1 is 1.13 bits per heavy atom. The van der Waals surface area contributed by atoms with E-state index in [2.05, 4.69) is 46.1 Å². The minimum Gasteiger partial charge on any atom is -0.506 e. The van der Waals surface area contributed by atoms with Gasteiger partial charge in [-0.25, -0.2) is 0 Å². The van der Waals surface area contributed by atoms with Crippen LogP contribution in [0.3, 0.4) is 0 Å². The normalized spacial score (nSPS) is 23.6. The third-order valence-corrected chi connectivity index (χ3v) is 6.18. The summed E-state index contributed by atoms with van der Waals surface area (Å²) in [5.41, 5.74) is 5.30. The average Bonchev–Trinajstić information content (AvgIpc) is 2.66. The number of aromatic hydroxyl groups is 1. The van der Waals surface area contributed by atoms with Gasteiger partial charge in [-0.3, -0.25) is 0 Å². The molecule has 0 unspecified atom stereocenters. The standard InChI is InChI=1S/C19H19BrClNO/c1-22-7-6-12-8-16(21)18(23)10-15(12)19-14-9-13(20)4-2-11(14)3-5-17(19)22/h2,4,8-10,17,19,23H,3,5-7H2,1H3/t17-,19+/m0/s1. The smallest absolute Gasteiger partial charge is 0.134 e. The summed E-state index contributed by atoms with van der Waals surface area (Å²) in [4.78, 5) is 2.47. The number of benzene rings is 2. The van der Waals surface area contributed by atoms with Crippen LogP contribution in [0.4, 0.5) is 0 Å². The Morgan fingerprint density at radius 3 is 2.74 bits per heavy atom. The van der Waals surface area contributed by atoms with Crippen LogP contribution in [-0.4, -0.2) is 29.6 Å². The van der Waals surface area contributed by atoms with E-state index in [1.54, 1.807) is 0 Å². The van der Waals surface area contributed by atoms with Crippen LogP contribution in [-0.2, 0) is 12.8 Å². The molecule has 1 aliphatic carbocycles. The summed E-state index contributed by atoms with van der Waals surface area (Å²) >= 11 is 9.79. The third-order valence-electron chi connectivity index (χ3n) is 5.38. The van der Waals surface area contributed by atoms with Gasteiger partial charge in [-0.1, -0.05) is 33.6 Å². The maximum absolute atomic E-state index is 10.2. The quantitative estimate of drug-likeness (QED) is 0.700. The molecule has 0 saturated heterocycles. The minimum absolute atomic E-state index is 0.191. The molecule has 1 aliphatic heterocycles. The molecule has 120 valence electrons. The van der Waals surface area contributed by atoms with E-state index in [0.717, 1.165) is 30.3 Å². The van der Waals surface area contributed by atoms with E-state index >= 15 is 0 Å². The molecule has 4 heteroatoms. The summed E-state index contributed by atoms with van der Waals surface area (Å²) in [6, 6.07) is 10.9. The van der Waals surface area contributed by atoms with E-state index in [0.29, 0.717) is 17.0 Å². The fourth-order valence-corrected chi connectivity index (χ4v) is 4.76. The molecule has 4 rings (SSSR count). The second-order valence-electron chi connectivity index (χ2n) is 6.66. The maximum Gasteiger partial charge on any atom is 0.134 e. The van der Waals surface area contributed by atoms with Gasteiger partial charge in [0.25, 0.3) is 0 Å². The van der Waals surface area contributed by atoms with Gasteiger partial charge in [-0.2, -0.15) is 0 Å². The lowest BCUT2D eigenvalue weighted by Gasteiger charge is -2.38. The number of phenolic OH excluding ortho intramolecular Hbond substituents is 1. The average molecular weight is 393 g/mol. The number of halogens is 2. The summed E-state index contributed by atoms with van der Waals surface area (Å²) < 4.78 is 1.11. The van der Waals surface area contributed by atoms with Crippen molar-refractivity contribution in [3.8, 4) is 5.75 Å². The van der Waals surface area contributed by atoms with Crippen molar-refractivity contribution >= 4 is 27.5 Å². The summed E-state index contributed by atoms with van der Waals surface area (Å²) in [6.07, 6.45) is 3.24. The fraction of sp³-hybridized carbons (Fsp3) is 0.368. The number of phenols is 1.